The monoisotopic (exact) mass is 450 g/mol. The zero-order valence-corrected chi connectivity index (χ0v) is 19.2. The Morgan fingerprint density at radius 2 is 1.69 bits per heavy atom. The second-order valence-corrected chi connectivity index (χ2v) is 10.4. The summed E-state index contributed by atoms with van der Waals surface area (Å²) in [6.45, 7) is 7.95. The molecule has 8 nitrogen and oxygen atoms in total. The number of benzene rings is 2. The number of hydrogen-bond acceptors (Lipinski definition) is 6. The van der Waals surface area contributed by atoms with Crippen LogP contribution in [-0.2, 0) is 10.0 Å². The number of aromatic nitrogens is 4. The van der Waals surface area contributed by atoms with E-state index in [0.717, 1.165) is 33.9 Å². The highest BCUT2D eigenvalue weighted by Crippen LogP contribution is 2.28. The Bertz CT molecular complexity index is 1400. The molecule has 1 saturated heterocycles. The van der Waals surface area contributed by atoms with E-state index >= 15 is 0 Å². The molecule has 9 heteroatoms. The molecule has 0 saturated carbocycles. The van der Waals surface area contributed by atoms with Gasteiger partial charge < -0.3 is 4.90 Å². The summed E-state index contributed by atoms with van der Waals surface area (Å²) in [4.78, 5) is 7.42. The number of hydrogen-bond donors (Lipinski definition) is 0. The van der Waals surface area contributed by atoms with Crippen LogP contribution in [-0.4, -0.2) is 58.5 Å². The van der Waals surface area contributed by atoms with Crippen molar-refractivity contribution in [3.63, 3.8) is 0 Å². The van der Waals surface area contributed by atoms with Crippen molar-refractivity contribution in [3.05, 3.63) is 59.9 Å². The predicted molar refractivity (Wildman–Crippen MR) is 125 cm³/mol. The minimum Gasteiger partial charge on any atom is -0.339 e. The fourth-order valence-corrected chi connectivity index (χ4v) is 5.75. The highest BCUT2D eigenvalue weighted by Gasteiger charge is 2.30. The topological polar surface area (TPSA) is 83.7 Å². The molecule has 2 aromatic heterocycles. The van der Waals surface area contributed by atoms with Crippen LogP contribution in [0.1, 0.15) is 31.2 Å². The number of anilines is 1. The summed E-state index contributed by atoms with van der Waals surface area (Å²) in [7, 11) is -3.52. The van der Waals surface area contributed by atoms with Gasteiger partial charge >= 0.3 is 0 Å². The van der Waals surface area contributed by atoms with Crippen LogP contribution in [0.25, 0.3) is 16.6 Å². The molecule has 0 N–H and O–H groups in total. The van der Waals surface area contributed by atoms with Gasteiger partial charge in [0.15, 0.2) is 5.65 Å². The molecule has 1 fully saturated rings. The second-order valence-electron chi connectivity index (χ2n) is 8.51. The summed E-state index contributed by atoms with van der Waals surface area (Å²) < 4.78 is 29.9. The van der Waals surface area contributed by atoms with Gasteiger partial charge in [0.1, 0.15) is 5.82 Å². The maximum Gasteiger partial charge on any atom is 0.243 e. The quantitative estimate of drug-likeness (QED) is 0.475. The van der Waals surface area contributed by atoms with Gasteiger partial charge in [-0.3, -0.25) is 0 Å². The Morgan fingerprint density at radius 1 is 0.938 bits per heavy atom. The van der Waals surface area contributed by atoms with Crippen molar-refractivity contribution in [2.75, 3.05) is 31.1 Å². The Labute approximate surface area is 187 Å². The molecule has 0 atom stereocenters. The van der Waals surface area contributed by atoms with E-state index in [0.29, 0.717) is 31.1 Å². The largest absolute Gasteiger partial charge is 0.339 e. The van der Waals surface area contributed by atoms with Gasteiger partial charge in [0.2, 0.25) is 16.0 Å². The van der Waals surface area contributed by atoms with Crippen LogP contribution >= 0.6 is 0 Å². The number of piperazine rings is 1. The lowest BCUT2D eigenvalue weighted by Gasteiger charge is -2.35. The maximum atomic E-state index is 13.1. The number of para-hydroxylation sites is 1. The van der Waals surface area contributed by atoms with Gasteiger partial charge in [-0.15, -0.1) is 10.2 Å². The number of aryl methyl sites for hydroxylation is 1. The van der Waals surface area contributed by atoms with Gasteiger partial charge in [-0.1, -0.05) is 38.1 Å². The predicted octanol–water partition coefficient (Wildman–Crippen LogP) is 3.22. The third kappa shape index (κ3) is 3.41. The molecule has 0 spiro atoms. The molecule has 1 aliphatic heterocycles. The zero-order chi connectivity index (χ0) is 22.5. The first kappa shape index (κ1) is 20.8. The van der Waals surface area contributed by atoms with Crippen molar-refractivity contribution < 1.29 is 8.42 Å². The van der Waals surface area contributed by atoms with Crippen molar-refractivity contribution in [1.29, 1.82) is 0 Å². The Kier molecular flexibility index (Phi) is 5.10. The highest BCUT2D eigenvalue weighted by atomic mass is 32.2. The lowest BCUT2D eigenvalue weighted by Crippen LogP contribution is -2.49. The molecule has 0 aliphatic carbocycles. The minimum absolute atomic E-state index is 0.176. The zero-order valence-electron chi connectivity index (χ0n) is 18.4. The third-order valence-electron chi connectivity index (χ3n) is 5.92. The number of nitrogens with zero attached hydrogens (tertiary/aromatic N) is 6. The number of fused-ring (bicyclic) bond motifs is 3. The van der Waals surface area contributed by atoms with Crippen LogP contribution in [0.15, 0.2) is 53.4 Å². The van der Waals surface area contributed by atoms with E-state index in [2.05, 4.69) is 28.9 Å². The smallest absolute Gasteiger partial charge is 0.243 e. The fraction of sp³-hybridized carbons (Fsp3) is 0.348. The van der Waals surface area contributed by atoms with Crippen LogP contribution in [0.5, 0.6) is 0 Å². The van der Waals surface area contributed by atoms with E-state index in [1.165, 1.54) is 0 Å². The summed E-state index contributed by atoms with van der Waals surface area (Å²) in [5.41, 5.74) is 2.57. The molecule has 0 amide bonds. The number of rotatable bonds is 4. The first-order chi connectivity index (χ1) is 15.4. The molecular formula is C23H26N6O2S. The van der Waals surface area contributed by atoms with Crippen LogP contribution in [0.4, 0.5) is 5.95 Å². The molecule has 3 heterocycles. The lowest BCUT2D eigenvalue weighted by atomic mass is 10.2. The Hall–Kier alpha value is -3.04. The second kappa shape index (κ2) is 7.83. The van der Waals surface area contributed by atoms with Crippen molar-refractivity contribution >= 4 is 32.5 Å². The summed E-state index contributed by atoms with van der Waals surface area (Å²) in [6.07, 6.45) is 0. The van der Waals surface area contributed by atoms with Crippen molar-refractivity contribution in [2.24, 2.45) is 0 Å². The Balaban J connectivity index is 1.50. The molecule has 32 heavy (non-hydrogen) atoms. The van der Waals surface area contributed by atoms with Crippen LogP contribution in [0.2, 0.25) is 0 Å². The first-order valence-corrected chi connectivity index (χ1v) is 12.3. The minimum atomic E-state index is -3.52. The summed E-state index contributed by atoms with van der Waals surface area (Å²) in [6, 6.07) is 15.0. The van der Waals surface area contributed by atoms with Crippen LogP contribution in [0.3, 0.4) is 0 Å². The van der Waals surface area contributed by atoms with Gasteiger partial charge in [-0.25, -0.2) is 17.8 Å². The normalized spacial score (nSPS) is 15.8. The van der Waals surface area contributed by atoms with E-state index in [1.807, 2.05) is 41.7 Å². The SMILES string of the molecule is Cc1cccc(S(=O)(=O)N2CCN(c3nc4ccccc4c4nnc(C(C)C)n34)CC2)c1. The molecule has 5 rings (SSSR count). The molecule has 1 aliphatic rings. The summed E-state index contributed by atoms with van der Waals surface area (Å²) in [5.74, 6) is 1.79. The maximum absolute atomic E-state index is 13.1. The highest BCUT2D eigenvalue weighted by molar-refractivity contribution is 7.89. The molecule has 0 unspecified atom stereocenters. The van der Waals surface area contributed by atoms with Crippen molar-refractivity contribution in [1.82, 2.24) is 23.9 Å². The third-order valence-corrected chi connectivity index (χ3v) is 7.81. The van der Waals surface area contributed by atoms with Crippen LogP contribution in [0, 0.1) is 6.92 Å². The van der Waals surface area contributed by atoms with Crippen molar-refractivity contribution in [2.45, 2.75) is 31.6 Å². The molecule has 0 radical (unpaired) electrons. The van der Waals surface area contributed by atoms with E-state index in [-0.39, 0.29) is 5.92 Å². The van der Waals surface area contributed by atoms with Gasteiger partial charge in [0, 0.05) is 37.5 Å². The van der Waals surface area contributed by atoms with E-state index in [1.54, 1.807) is 22.5 Å². The summed E-state index contributed by atoms with van der Waals surface area (Å²) >= 11 is 0. The molecule has 166 valence electrons. The molecule has 0 bridgehead atoms. The van der Waals surface area contributed by atoms with Crippen molar-refractivity contribution in [3.8, 4) is 0 Å². The van der Waals surface area contributed by atoms with E-state index in [4.69, 9.17) is 4.98 Å². The van der Waals surface area contributed by atoms with Gasteiger partial charge in [0.05, 0.1) is 10.4 Å². The molecular weight excluding hydrogens is 424 g/mol. The van der Waals surface area contributed by atoms with Gasteiger partial charge in [0.25, 0.3) is 0 Å². The fourth-order valence-electron chi connectivity index (χ4n) is 4.23. The number of sulfonamides is 1. The van der Waals surface area contributed by atoms with E-state index in [9.17, 15) is 8.42 Å². The first-order valence-electron chi connectivity index (χ1n) is 10.8. The average molecular weight is 451 g/mol. The van der Waals surface area contributed by atoms with Crippen LogP contribution < -0.4 is 4.90 Å². The standard InChI is InChI=1S/C23H26N6O2S/c1-16(2)21-25-26-22-19-9-4-5-10-20(19)24-23(29(21)22)27-11-13-28(14-12-27)32(30,31)18-8-6-7-17(3)15-18/h4-10,15-16H,11-14H2,1-3H3. The van der Waals surface area contributed by atoms with Gasteiger partial charge in [-0.05, 0) is 36.8 Å². The molecule has 4 aromatic rings. The molecule has 2 aromatic carbocycles. The Morgan fingerprint density at radius 3 is 2.41 bits per heavy atom. The van der Waals surface area contributed by atoms with E-state index < -0.39 is 10.0 Å². The average Bonchev–Trinajstić information content (AvgIpc) is 3.25. The lowest BCUT2D eigenvalue weighted by molar-refractivity contribution is 0.382. The summed E-state index contributed by atoms with van der Waals surface area (Å²) in [5, 5.41) is 9.86. The van der Waals surface area contributed by atoms with Gasteiger partial charge in [-0.2, -0.15) is 4.31 Å².